The van der Waals surface area contributed by atoms with Gasteiger partial charge in [-0.05, 0) is 13.8 Å². The molecule has 1 heterocycles. The van der Waals surface area contributed by atoms with Gasteiger partial charge in [-0.2, -0.15) is 0 Å². The molecule has 0 atom stereocenters. The highest BCUT2D eigenvalue weighted by molar-refractivity contribution is 7.90. The summed E-state index contributed by atoms with van der Waals surface area (Å²) < 4.78 is 22.3. The van der Waals surface area contributed by atoms with Crippen molar-refractivity contribution in [1.29, 1.82) is 0 Å². The molecule has 1 N–H and O–H groups in total. The number of nitrogens with zero attached hydrogens (tertiary/aromatic N) is 3. The van der Waals surface area contributed by atoms with Gasteiger partial charge in [0.25, 0.3) is 0 Å². The lowest BCUT2D eigenvalue weighted by atomic mass is 10.3. The van der Waals surface area contributed by atoms with E-state index in [1.807, 2.05) is 25.8 Å². The van der Waals surface area contributed by atoms with Gasteiger partial charge in [0, 0.05) is 32.0 Å². The molecule has 0 spiro atoms. The van der Waals surface area contributed by atoms with Gasteiger partial charge in [0.15, 0.2) is 0 Å². The van der Waals surface area contributed by atoms with E-state index in [2.05, 4.69) is 15.3 Å². The molecule has 6 nitrogen and oxygen atoms in total. The van der Waals surface area contributed by atoms with Gasteiger partial charge in [0.2, 0.25) is 0 Å². The molecule has 0 fully saturated rings. The summed E-state index contributed by atoms with van der Waals surface area (Å²) >= 11 is 0. The van der Waals surface area contributed by atoms with E-state index in [0.29, 0.717) is 6.54 Å². The topological polar surface area (TPSA) is 75.2 Å². The number of hydrogen-bond donors (Lipinski definition) is 1. The third-order valence-electron chi connectivity index (χ3n) is 2.56. The van der Waals surface area contributed by atoms with Crippen LogP contribution in [-0.4, -0.2) is 50.5 Å². The van der Waals surface area contributed by atoms with Crippen LogP contribution in [0.3, 0.4) is 0 Å². The zero-order chi connectivity index (χ0) is 13.8. The predicted molar refractivity (Wildman–Crippen MR) is 73.9 cm³/mol. The molecule has 102 valence electrons. The molecular formula is C11H20N4O2S. The molecule has 0 aliphatic heterocycles. The summed E-state index contributed by atoms with van der Waals surface area (Å²) in [4.78, 5) is 10.2. The molecule has 0 aliphatic rings. The minimum atomic E-state index is -2.96. The van der Waals surface area contributed by atoms with Crippen LogP contribution in [0.5, 0.6) is 0 Å². The fourth-order valence-corrected chi connectivity index (χ4v) is 2.19. The predicted octanol–water partition coefficient (Wildman–Crippen LogP) is 0.698. The maximum Gasteiger partial charge on any atom is 0.149 e. The quantitative estimate of drug-likeness (QED) is 0.821. The summed E-state index contributed by atoms with van der Waals surface area (Å²) in [5.74, 6) is 1.65. The summed E-state index contributed by atoms with van der Waals surface area (Å²) in [6.07, 6.45) is 2.72. The Morgan fingerprint density at radius 1 is 1.39 bits per heavy atom. The Labute approximate surface area is 108 Å². The van der Waals surface area contributed by atoms with Crippen molar-refractivity contribution in [2.45, 2.75) is 13.8 Å². The summed E-state index contributed by atoms with van der Waals surface area (Å²) in [5.41, 5.74) is 0.926. The van der Waals surface area contributed by atoms with Crippen molar-refractivity contribution < 1.29 is 8.42 Å². The largest absolute Gasteiger partial charge is 0.370 e. The van der Waals surface area contributed by atoms with Crippen molar-refractivity contribution in [3.63, 3.8) is 0 Å². The number of nitrogens with one attached hydrogen (secondary N) is 1. The highest BCUT2D eigenvalue weighted by Crippen LogP contribution is 2.20. The van der Waals surface area contributed by atoms with Crippen molar-refractivity contribution in [2.24, 2.45) is 0 Å². The van der Waals surface area contributed by atoms with E-state index in [1.54, 1.807) is 0 Å². The first kappa shape index (κ1) is 14.7. The highest BCUT2D eigenvalue weighted by Gasteiger charge is 2.12. The van der Waals surface area contributed by atoms with Crippen LogP contribution in [0, 0.1) is 6.92 Å². The third-order valence-corrected chi connectivity index (χ3v) is 3.48. The first-order chi connectivity index (χ1) is 8.35. The lowest BCUT2D eigenvalue weighted by Gasteiger charge is -2.20. The van der Waals surface area contributed by atoms with Crippen LogP contribution in [0.1, 0.15) is 12.5 Å². The van der Waals surface area contributed by atoms with Crippen LogP contribution in [0.2, 0.25) is 0 Å². The Kier molecular flexibility index (Phi) is 4.89. The van der Waals surface area contributed by atoms with Crippen LogP contribution >= 0.6 is 0 Å². The molecule has 0 radical (unpaired) electrons. The summed E-state index contributed by atoms with van der Waals surface area (Å²) in [7, 11) is -1.13. The van der Waals surface area contributed by atoms with E-state index in [0.717, 1.165) is 23.7 Å². The van der Waals surface area contributed by atoms with Gasteiger partial charge in [-0.3, -0.25) is 0 Å². The SMILES string of the molecule is CCNc1ncnc(N(C)CCS(C)(=O)=O)c1C. The molecule has 1 rings (SSSR count). The Morgan fingerprint density at radius 3 is 2.61 bits per heavy atom. The summed E-state index contributed by atoms with van der Waals surface area (Å²) in [5, 5.41) is 3.15. The maximum absolute atomic E-state index is 11.1. The van der Waals surface area contributed by atoms with E-state index >= 15 is 0 Å². The van der Waals surface area contributed by atoms with Crippen LogP contribution in [-0.2, 0) is 9.84 Å². The van der Waals surface area contributed by atoms with Gasteiger partial charge >= 0.3 is 0 Å². The molecule has 0 saturated carbocycles. The summed E-state index contributed by atoms with van der Waals surface area (Å²) in [6.45, 7) is 5.12. The van der Waals surface area contributed by atoms with Crippen LogP contribution in [0.25, 0.3) is 0 Å². The Bertz CT molecular complexity index is 502. The number of aromatic nitrogens is 2. The number of sulfone groups is 1. The standard InChI is InChI=1S/C11H20N4O2S/c1-5-12-10-9(2)11(14-8-13-10)15(3)6-7-18(4,16)17/h8H,5-7H2,1-4H3,(H,12,13,14). The minimum absolute atomic E-state index is 0.115. The van der Waals surface area contributed by atoms with Crippen LogP contribution in [0.4, 0.5) is 11.6 Å². The fraction of sp³-hybridized carbons (Fsp3) is 0.636. The Hall–Kier alpha value is -1.37. The molecule has 0 saturated heterocycles. The van der Waals surface area contributed by atoms with Crippen molar-refractivity contribution in [2.75, 3.05) is 42.4 Å². The molecule has 0 unspecified atom stereocenters. The second kappa shape index (κ2) is 5.99. The average Bonchev–Trinajstić information content (AvgIpc) is 2.28. The van der Waals surface area contributed by atoms with Gasteiger partial charge in [-0.15, -0.1) is 0 Å². The average molecular weight is 272 g/mol. The second-order valence-corrected chi connectivity index (χ2v) is 6.51. The fourth-order valence-electron chi connectivity index (χ4n) is 1.58. The van der Waals surface area contributed by atoms with Crippen molar-refractivity contribution in [3.8, 4) is 0 Å². The zero-order valence-electron chi connectivity index (χ0n) is 11.3. The van der Waals surface area contributed by atoms with Crippen molar-refractivity contribution in [3.05, 3.63) is 11.9 Å². The molecule has 0 bridgehead atoms. The Morgan fingerprint density at radius 2 is 2.06 bits per heavy atom. The molecular weight excluding hydrogens is 252 g/mol. The molecule has 0 aliphatic carbocycles. The van der Waals surface area contributed by atoms with Crippen molar-refractivity contribution in [1.82, 2.24) is 9.97 Å². The molecule has 1 aromatic rings. The highest BCUT2D eigenvalue weighted by atomic mass is 32.2. The second-order valence-electron chi connectivity index (χ2n) is 4.25. The van der Waals surface area contributed by atoms with Gasteiger partial charge in [0.05, 0.1) is 5.75 Å². The number of rotatable bonds is 6. The molecule has 7 heteroatoms. The van der Waals surface area contributed by atoms with Crippen molar-refractivity contribution >= 4 is 21.5 Å². The normalized spacial score (nSPS) is 11.3. The van der Waals surface area contributed by atoms with Gasteiger partial charge < -0.3 is 10.2 Å². The Balaban J connectivity index is 2.85. The third kappa shape index (κ3) is 4.14. The van der Waals surface area contributed by atoms with Gasteiger partial charge in [0.1, 0.15) is 27.8 Å². The van der Waals surface area contributed by atoms with Gasteiger partial charge in [-0.25, -0.2) is 18.4 Å². The van der Waals surface area contributed by atoms with E-state index in [1.165, 1.54) is 12.6 Å². The zero-order valence-corrected chi connectivity index (χ0v) is 12.1. The smallest absolute Gasteiger partial charge is 0.149 e. The monoisotopic (exact) mass is 272 g/mol. The maximum atomic E-state index is 11.1. The molecule has 18 heavy (non-hydrogen) atoms. The number of anilines is 2. The number of hydrogen-bond acceptors (Lipinski definition) is 6. The molecule has 0 aromatic carbocycles. The lowest BCUT2D eigenvalue weighted by Crippen LogP contribution is -2.26. The van der Waals surface area contributed by atoms with E-state index < -0.39 is 9.84 Å². The summed E-state index contributed by atoms with van der Waals surface area (Å²) in [6, 6.07) is 0. The first-order valence-corrected chi connectivity index (χ1v) is 7.85. The molecule has 1 aromatic heterocycles. The van der Waals surface area contributed by atoms with Gasteiger partial charge in [-0.1, -0.05) is 0 Å². The van der Waals surface area contributed by atoms with Crippen LogP contribution < -0.4 is 10.2 Å². The molecule has 0 amide bonds. The van der Waals surface area contributed by atoms with E-state index in [-0.39, 0.29) is 5.75 Å². The van der Waals surface area contributed by atoms with E-state index in [4.69, 9.17) is 0 Å². The first-order valence-electron chi connectivity index (χ1n) is 5.79. The lowest BCUT2D eigenvalue weighted by molar-refractivity contribution is 0.601. The van der Waals surface area contributed by atoms with Crippen LogP contribution in [0.15, 0.2) is 6.33 Å². The minimum Gasteiger partial charge on any atom is -0.370 e. The van der Waals surface area contributed by atoms with E-state index in [9.17, 15) is 8.42 Å².